The lowest BCUT2D eigenvalue weighted by Gasteiger charge is -2.30. The molecule has 0 spiro atoms. The molecule has 4 aromatic carbocycles. The van der Waals surface area contributed by atoms with E-state index in [0.717, 1.165) is 27.7 Å². The number of carboxylic acids is 1. The Kier molecular flexibility index (Phi) is 7.65. The van der Waals surface area contributed by atoms with Gasteiger partial charge in [0.1, 0.15) is 22.9 Å². The topological polar surface area (TPSA) is 112 Å². The van der Waals surface area contributed by atoms with Crippen LogP contribution in [0.2, 0.25) is 0 Å². The number of nitrogens with zero attached hydrogens (tertiary/aromatic N) is 2. The molecule has 0 fully saturated rings. The van der Waals surface area contributed by atoms with E-state index in [1.165, 1.54) is 6.08 Å². The zero-order valence-electron chi connectivity index (χ0n) is 23.0. The van der Waals surface area contributed by atoms with E-state index < -0.39 is 16.8 Å². The van der Waals surface area contributed by atoms with Crippen LogP contribution in [0, 0.1) is 0 Å². The Bertz CT molecular complexity index is 1820. The van der Waals surface area contributed by atoms with Crippen LogP contribution in [0.3, 0.4) is 0 Å². The molecule has 206 valence electrons. The highest BCUT2D eigenvalue weighted by Crippen LogP contribution is 2.30. The largest absolute Gasteiger partial charge is 0.477 e. The van der Waals surface area contributed by atoms with Crippen molar-refractivity contribution in [1.29, 1.82) is 0 Å². The molecule has 0 saturated carbocycles. The molecule has 0 saturated heterocycles. The number of pyridine rings is 1. The number of anilines is 4. The standard InChI is InChI=1S/C33H30N4O4/c1-4-37(20(2)3)29-28(30(38)31(29)39)35-27(33(40)41)18-21-14-16-24(17-15-21)34-32-25-13-9-8-12-23(25)19-26(36-32)22-10-6-5-7-11-22/h5-20,35H,4H2,1-3H3,(H,34,36)(H,40,41). The Morgan fingerprint density at radius 2 is 1.63 bits per heavy atom. The summed E-state index contributed by atoms with van der Waals surface area (Å²) in [5, 5.41) is 18.0. The van der Waals surface area contributed by atoms with Crippen LogP contribution in [-0.4, -0.2) is 28.6 Å². The fourth-order valence-corrected chi connectivity index (χ4v) is 4.85. The molecule has 0 bridgehead atoms. The second-order valence-corrected chi connectivity index (χ2v) is 9.94. The van der Waals surface area contributed by atoms with Gasteiger partial charge in [-0.25, -0.2) is 9.78 Å². The first kappa shape index (κ1) is 27.3. The van der Waals surface area contributed by atoms with Gasteiger partial charge in [-0.3, -0.25) is 9.59 Å². The van der Waals surface area contributed by atoms with E-state index in [0.29, 0.717) is 17.9 Å². The summed E-state index contributed by atoms with van der Waals surface area (Å²) in [4.78, 5) is 43.3. The summed E-state index contributed by atoms with van der Waals surface area (Å²) in [7, 11) is 0. The zero-order chi connectivity index (χ0) is 29.1. The van der Waals surface area contributed by atoms with E-state index in [9.17, 15) is 19.5 Å². The van der Waals surface area contributed by atoms with Crippen molar-refractivity contribution in [3.63, 3.8) is 0 Å². The summed E-state index contributed by atoms with van der Waals surface area (Å²) in [6.45, 7) is 6.20. The number of nitrogens with one attached hydrogen (secondary N) is 2. The first-order chi connectivity index (χ1) is 19.8. The van der Waals surface area contributed by atoms with E-state index in [1.54, 1.807) is 17.0 Å². The van der Waals surface area contributed by atoms with Crippen LogP contribution in [0.1, 0.15) is 26.3 Å². The third-order valence-electron chi connectivity index (χ3n) is 6.92. The molecule has 0 atom stereocenters. The van der Waals surface area contributed by atoms with Gasteiger partial charge in [-0.1, -0.05) is 66.7 Å². The van der Waals surface area contributed by atoms with Crippen molar-refractivity contribution >= 4 is 45.7 Å². The molecule has 3 N–H and O–H groups in total. The number of rotatable bonds is 10. The van der Waals surface area contributed by atoms with Gasteiger partial charge in [-0.2, -0.15) is 0 Å². The Balaban J connectivity index is 1.42. The smallest absolute Gasteiger partial charge is 0.352 e. The third-order valence-corrected chi connectivity index (χ3v) is 6.92. The summed E-state index contributed by atoms with van der Waals surface area (Å²) in [5.74, 6) is -0.538. The van der Waals surface area contributed by atoms with Crippen LogP contribution >= 0.6 is 0 Å². The minimum atomic E-state index is -1.24. The Morgan fingerprint density at radius 1 is 0.951 bits per heavy atom. The molecule has 5 aromatic rings. The maximum atomic E-state index is 12.3. The maximum Gasteiger partial charge on any atom is 0.352 e. The number of hydrogen-bond donors (Lipinski definition) is 3. The lowest BCUT2D eigenvalue weighted by Crippen LogP contribution is -2.45. The highest BCUT2D eigenvalue weighted by molar-refractivity contribution is 5.98. The predicted octanol–water partition coefficient (Wildman–Crippen LogP) is 6.01. The van der Waals surface area contributed by atoms with Crippen molar-refractivity contribution in [2.24, 2.45) is 0 Å². The second kappa shape index (κ2) is 11.5. The molecular weight excluding hydrogens is 516 g/mol. The van der Waals surface area contributed by atoms with Gasteiger partial charge in [-0.15, -0.1) is 0 Å². The maximum absolute atomic E-state index is 12.3. The van der Waals surface area contributed by atoms with Gasteiger partial charge in [0, 0.05) is 29.2 Å². The minimum Gasteiger partial charge on any atom is -0.477 e. The first-order valence-electron chi connectivity index (χ1n) is 13.4. The summed E-state index contributed by atoms with van der Waals surface area (Å²) in [5.41, 5.74) is 1.93. The van der Waals surface area contributed by atoms with Crippen molar-refractivity contribution in [3.05, 3.63) is 117 Å². The fraction of sp³-hybridized carbons (Fsp3) is 0.152. The SMILES string of the molecule is CCN(c1c(NC(=Cc2ccc(Nc3nc(-c4ccccc4)cc4ccccc34)cc2)C(=O)O)c(=O)c1=O)C(C)C. The zero-order valence-corrected chi connectivity index (χ0v) is 23.0. The normalized spacial score (nSPS) is 11.7. The molecule has 1 heterocycles. The minimum absolute atomic E-state index is 0.00809. The molecule has 0 radical (unpaired) electrons. The van der Waals surface area contributed by atoms with Crippen LogP contribution in [-0.2, 0) is 4.79 Å². The van der Waals surface area contributed by atoms with Gasteiger partial charge in [0.2, 0.25) is 0 Å². The van der Waals surface area contributed by atoms with E-state index in [1.807, 2.05) is 87.5 Å². The van der Waals surface area contributed by atoms with Crippen LogP contribution in [0.5, 0.6) is 0 Å². The van der Waals surface area contributed by atoms with E-state index in [-0.39, 0.29) is 23.1 Å². The monoisotopic (exact) mass is 546 g/mol. The van der Waals surface area contributed by atoms with Crippen molar-refractivity contribution < 1.29 is 9.90 Å². The Hall–Kier alpha value is -5.24. The van der Waals surface area contributed by atoms with Gasteiger partial charge < -0.3 is 20.6 Å². The number of aliphatic carboxylic acids is 1. The summed E-state index contributed by atoms with van der Waals surface area (Å²) < 4.78 is 0. The molecule has 5 rings (SSSR count). The molecule has 8 nitrogen and oxygen atoms in total. The van der Waals surface area contributed by atoms with Crippen molar-refractivity contribution in [3.8, 4) is 11.3 Å². The number of aromatic nitrogens is 1. The van der Waals surface area contributed by atoms with Crippen molar-refractivity contribution in [1.82, 2.24) is 4.98 Å². The lowest BCUT2D eigenvalue weighted by atomic mass is 10.1. The van der Waals surface area contributed by atoms with Gasteiger partial charge in [0.05, 0.1) is 5.69 Å². The molecule has 0 amide bonds. The van der Waals surface area contributed by atoms with Crippen molar-refractivity contribution in [2.45, 2.75) is 26.8 Å². The average Bonchev–Trinajstić information content (AvgIpc) is 2.99. The highest BCUT2D eigenvalue weighted by atomic mass is 16.4. The second-order valence-electron chi connectivity index (χ2n) is 9.94. The molecule has 8 heteroatoms. The molecule has 0 aliphatic heterocycles. The van der Waals surface area contributed by atoms with E-state index in [4.69, 9.17) is 4.98 Å². The van der Waals surface area contributed by atoms with Crippen LogP contribution in [0.15, 0.2) is 100 Å². The van der Waals surface area contributed by atoms with Crippen LogP contribution < -0.4 is 26.4 Å². The molecule has 0 aliphatic carbocycles. The quantitative estimate of drug-likeness (QED) is 0.144. The van der Waals surface area contributed by atoms with Gasteiger partial charge in [0.25, 0.3) is 10.9 Å². The molecular formula is C33H30N4O4. The Morgan fingerprint density at radius 3 is 2.29 bits per heavy atom. The van der Waals surface area contributed by atoms with Crippen LogP contribution in [0.25, 0.3) is 28.1 Å². The third kappa shape index (κ3) is 5.58. The van der Waals surface area contributed by atoms with Crippen molar-refractivity contribution in [2.75, 3.05) is 22.1 Å². The molecule has 41 heavy (non-hydrogen) atoms. The van der Waals surface area contributed by atoms with Crippen LogP contribution in [0.4, 0.5) is 22.9 Å². The summed E-state index contributed by atoms with van der Waals surface area (Å²) >= 11 is 0. The van der Waals surface area contributed by atoms with Gasteiger partial charge >= 0.3 is 5.97 Å². The molecule has 1 aromatic heterocycles. The number of fused-ring (bicyclic) bond motifs is 1. The van der Waals surface area contributed by atoms with E-state index in [2.05, 4.69) is 16.7 Å². The summed E-state index contributed by atoms with van der Waals surface area (Å²) in [6, 6.07) is 27.2. The van der Waals surface area contributed by atoms with Gasteiger partial charge in [0.15, 0.2) is 0 Å². The first-order valence-corrected chi connectivity index (χ1v) is 13.4. The number of benzene rings is 3. The fourth-order valence-electron chi connectivity index (χ4n) is 4.85. The number of hydrogen-bond acceptors (Lipinski definition) is 7. The predicted molar refractivity (Wildman–Crippen MR) is 166 cm³/mol. The average molecular weight is 547 g/mol. The lowest BCUT2D eigenvalue weighted by molar-refractivity contribution is -0.132. The highest BCUT2D eigenvalue weighted by Gasteiger charge is 2.28. The van der Waals surface area contributed by atoms with E-state index >= 15 is 0 Å². The summed E-state index contributed by atoms with van der Waals surface area (Å²) in [6.07, 6.45) is 1.43. The number of carbonyl (C=O) groups is 1. The number of carboxylic acid groups (broad SMARTS) is 1. The van der Waals surface area contributed by atoms with Gasteiger partial charge in [-0.05, 0) is 56.0 Å². The molecule has 0 aliphatic rings. The Labute approximate surface area is 237 Å². The molecule has 0 unspecified atom stereocenters.